The van der Waals surface area contributed by atoms with E-state index in [0.717, 1.165) is 6.42 Å². The number of halogens is 1. The summed E-state index contributed by atoms with van der Waals surface area (Å²) in [6.45, 7) is 4.20. The molecule has 0 N–H and O–H groups in total. The highest BCUT2D eigenvalue weighted by Gasteiger charge is 2.06. The zero-order chi connectivity index (χ0) is 6.85. The largest absolute Gasteiger partial charge is 0.118 e. The van der Waals surface area contributed by atoms with Gasteiger partial charge in [0.25, 0.3) is 0 Å². The van der Waals surface area contributed by atoms with E-state index in [9.17, 15) is 0 Å². The Bertz CT molecular complexity index is 165. The topological polar surface area (TPSA) is 0 Å². The number of hydrogen-bond donors (Lipinski definition) is 0. The molecule has 0 aromatic heterocycles. The van der Waals surface area contributed by atoms with Crippen LogP contribution in [0.3, 0.4) is 0 Å². The van der Waals surface area contributed by atoms with Gasteiger partial charge in [-0.15, -0.1) is 11.6 Å². The summed E-state index contributed by atoms with van der Waals surface area (Å²) in [7, 11) is 0. The molecular formula is C8H11Cl. The minimum atomic E-state index is 0.231. The molecule has 1 heteroatoms. The summed E-state index contributed by atoms with van der Waals surface area (Å²) in [6, 6.07) is 0. The smallest absolute Gasteiger partial charge is 0.0558 e. The maximum absolute atomic E-state index is 5.89. The minimum Gasteiger partial charge on any atom is -0.118 e. The average molecular weight is 143 g/mol. The Morgan fingerprint density at radius 1 is 1.56 bits per heavy atom. The van der Waals surface area contributed by atoms with E-state index in [1.807, 2.05) is 0 Å². The maximum atomic E-state index is 5.89. The van der Waals surface area contributed by atoms with Gasteiger partial charge in [-0.05, 0) is 20.3 Å². The van der Waals surface area contributed by atoms with E-state index in [4.69, 9.17) is 11.6 Å². The predicted octanol–water partition coefficient (Wildman–Crippen LogP) is 2.89. The van der Waals surface area contributed by atoms with Crippen molar-refractivity contribution in [3.63, 3.8) is 0 Å². The summed E-state index contributed by atoms with van der Waals surface area (Å²) >= 11 is 5.89. The van der Waals surface area contributed by atoms with Crippen molar-refractivity contribution in [1.82, 2.24) is 0 Å². The van der Waals surface area contributed by atoms with Crippen LogP contribution in [-0.2, 0) is 0 Å². The lowest BCUT2D eigenvalue weighted by molar-refractivity contribution is 0.953. The van der Waals surface area contributed by atoms with Crippen LogP contribution in [0, 0.1) is 0 Å². The Balaban J connectivity index is 2.74. The van der Waals surface area contributed by atoms with E-state index >= 15 is 0 Å². The fourth-order valence-electron chi connectivity index (χ4n) is 1.15. The molecule has 0 radical (unpaired) electrons. The van der Waals surface area contributed by atoms with Gasteiger partial charge in [0.15, 0.2) is 0 Å². The average Bonchev–Trinajstić information content (AvgIpc) is 1.59. The molecule has 0 aromatic carbocycles. The molecule has 1 aliphatic carbocycles. The summed E-state index contributed by atoms with van der Waals surface area (Å²) in [4.78, 5) is 0. The normalized spacial score (nSPS) is 27.2. The second-order valence-corrected chi connectivity index (χ2v) is 3.18. The van der Waals surface area contributed by atoms with Gasteiger partial charge in [0.05, 0.1) is 5.38 Å². The third kappa shape index (κ3) is 1.87. The maximum Gasteiger partial charge on any atom is 0.0558 e. The monoisotopic (exact) mass is 142 g/mol. The zero-order valence-electron chi connectivity index (χ0n) is 5.82. The molecule has 1 atom stereocenters. The highest BCUT2D eigenvalue weighted by Crippen LogP contribution is 2.20. The van der Waals surface area contributed by atoms with Crippen molar-refractivity contribution in [3.8, 4) is 0 Å². The molecule has 9 heavy (non-hydrogen) atoms. The van der Waals surface area contributed by atoms with Gasteiger partial charge in [0.2, 0.25) is 0 Å². The number of allylic oxidation sites excluding steroid dienone is 4. The molecule has 0 fully saturated rings. The first kappa shape index (κ1) is 6.88. The van der Waals surface area contributed by atoms with Crippen molar-refractivity contribution < 1.29 is 0 Å². The standard InChI is InChI=1S/C8H11Cl/c1-6-3-7(2)5-8(9)4-6/h3-4,8H,5H2,1-2H3. The number of hydrogen-bond acceptors (Lipinski definition) is 0. The molecular weight excluding hydrogens is 132 g/mol. The molecule has 0 spiro atoms. The second kappa shape index (κ2) is 2.57. The Morgan fingerprint density at radius 2 is 2.22 bits per heavy atom. The van der Waals surface area contributed by atoms with Gasteiger partial charge in [-0.25, -0.2) is 0 Å². The van der Waals surface area contributed by atoms with Crippen molar-refractivity contribution in [1.29, 1.82) is 0 Å². The van der Waals surface area contributed by atoms with Gasteiger partial charge in [0, 0.05) is 0 Å². The lowest BCUT2D eigenvalue weighted by atomic mass is 10.0. The van der Waals surface area contributed by atoms with Gasteiger partial charge in [-0.2, -0.15) is 0 Å². The Morgan fingerprint density at radius 3 is 2.67 bits per heavy atom. The van der Waals surface area contributed by atoms with E-state index in [-0.39, 0.29) is 5.38 Å². The quantitative estimate of drug-likeness (QED) is 0.457. The number of rotatable bonds is 0. The van der Waals surface area contributed by atoms with Crippen LogP contribution in [0.2, 0.25) is 0 Å². The van der Waals surface area contributed by atoms with Crippen LogP contribution in [0.5, 0.6) is 0 Å². The molecule has 1 rings (SSSR count). The molecule has 0 bridgehead atoms. The molecule has 0 nitrogen and oxygen atoms in total. The van der Waals surface area contributed by atoms with Gasteiger partial charge in [-0.3, -0.25) is 0 Å². The van der Waals surface area contributed by atoms with Gasteiger partial charge < -0.3 is 0 Å². The van der Waals surface area contributed by atoms with Crippen LogP contribution < -0.4 is 0 Å². The van der Waals surface area contributed by atoms with Gasteiger partial charge in [0.1, 0.15) is 0 Å². The van der Waals surface area contributed by atoms with E-state index in [2.05, 4.69) is 26.0 Å². The molecule has 0 amide bonds. The van der Waals surface area contributed by atoms with Crippen LogP contribution in [0.25, 0.3) is 0 Å². The van der Waals surface area contributed by atoms with Crippen LogP contribution in [0.4, 0.5) is 0 Å². The highest BCUT2D eigenvalue weighted by molar-refractivity contribution is 6.22. The summed E-state index contributed by atoms with van der Waals surface area (Å²) < 4.78 is 0. The first-order valence-electron chi connectivity index (χ1n) is 3.18. The van der Waals surface area contributed by atoms with E-state index in [0.29, 0.717) is 0 Å². The van der Waals surface area contributed by atoms with E-state index in [1.54, 1.807) is 0 Å². The Hall–Kier alpha value is -0.230. The van der Waals surface area contributed by atoms with Gasteiger partial charge >= 0.3 is 0 Å². The first-order valence-corrected chi connectivity index (χ1v) is 3.62. The van der Waals surface area contributed by atoms with Crippen molar-refractivity contribution in [2.24, 2.45) is 0 Å². The lowest BCUT2D eigenvalue weighted by Crippen LogP contribution is -2.00. The van der Waals surface area contributed by atoms with E-state index < -0.39 is 0 Å². The van der Waals surface area contributed by atoms with Gasteiger partial charge in [-0.1, -0.05) is 23.3 Å². The summed E-state index contributed by atoms with van der Waals surface area (Å²) in [5.41, 5.74) is 2.67. The van der Waals surface area contributed by atoms with Crippen molar-refractivity contribution >= 4 is 11.6 Å². The minimum absolute atomic E-state index is 0.231. The summed E-state index contributed by atoms with van der Waals surface area (Å²) in [6.07, 6.45) is 5.28. The molecule has 1 aliphatic rings. The fourth-order valence-corrected chi connectivity index (χ4v) is 1.59. The molecule has 0 heterocycles. The lowest BCUT2D eigenvalue weighted by Gasteiger charge is -2.11. The third-order valence-electron chi connectivity index (χ3n) is 1.43. The zero-order valence-corrected chi connectivity index (χ0v) is 6.57. The Labute approximate surface area is 61.2 Å². The molecule has 0 aliphatic heterocycles. The Kier molecular flexibility index (Phi) is 1.97. The fraction of sp³-hybridized carbons (Fsp3) is 0.500. The molecule has 0 saturated heterocycles. The van der Waals surface area contributed by atoms with Crippen molar-refractivity contribution in [2.75, 3.05) is 0 Å². The second-order valence-electron chi connectivity index (χ2n) is 2.62. The molecule has 50 valence electrons. The van der Waals surface area contributed by atoms with E-state index in [1.165, 1.54) is 11.1 Å². The van der Waals surface area contributed by atoms with Crippen molar-refractivity contribution in [3.05, 3.63) is 23.3 Å². The summed E-state index contributed by atoms with van der Waals surface area (Å²) in [5, 5.41) is 0.231. The molecule has 0 saturated carbocycles. The molecule has 1 unspecified atom stereocenters. The summed E-state index contributed by atoms with van der Waals surface area (Å²) in [5.74, 6) is 0. The predicted molar refractivity (Wildman–Crippen MR) is 41.8 cm³/mol. The van der Waals surface area contributed by atoms with Crippen LogP contribution >= 0.6 is 11.6 Å². The van der Waals surface area contributed by atoms with Crippen LogP contribution in [0.15, 0.2) is 23.3 Å². The van der Waals surface area contributed by atoms with Crippen molar-refractivity contribution in [2.45, 2.75) is 25.6 Å². The highest BCUT2D eigenvalue weighted by atomic mass is 35.5. The first-order chi connectivity index (χ1) is 4.18. The number of alkyl halides is 1. The van der Waals surface area contributed by atoms with Crippen LogP contribution in [0.1, 0.15) is 20.3 Å². The SMILES string of the molecule is CC1=CC(Cl)CC(C)=C1. The third-order valence-corrected chi connectivity index (χ3v) is 1.72. The molecule has 0 aromatic rings. The van der Waals surface area contributed by atoms with Crippen LogP contribution in [-0.4, -0.2) is 5.38 Å².